The smallest absolute Gasteiger partial charge is 0.253 e. The van der Waals surface area contributed by atoms with Crippen molar-refractivity contribution in [1.82, 2.24) is 5.32 Å². The maximum Gasteiger partial charge on any atom is 0.253 e. The second-order valence-corrected chi connectivity index (χ2v) is 8.31. The van der Waals surface area contributed by atoms with E-state index in [1.165, 1.54) is 5.56 Å². The number of benzene rings is 4. The first kappa shape index (κ1) is 21.5. The lowest BCUT2D eigenvalue weighted by Gasteiger charge is -2.27. The summed E-state index contributed by atoms with van der Waals surface area (Å²) in [7, 11) is 0. The quantitative estimate of drug-likeness (QED) is 0.405. The van der Waals surface area contributed by atoms with Crippen molar-refractivity contribution < 1.29 is 14.3 Å². The van der Waals surface area contributed by atoms with Gasteiger partial charge >= 0.3 is 0 Å². The zero-order chi connectivity index (χ0) is 23.5. The van der Waals surface area contributed by atoms with Crippen LogP contribution in [0.1, 0.15) is 38.5 Å². The number of aryl methyl sites for hydroxylation is 1. The van der Waals surface area contributed by atoms with Crippen LogP contribution in [0.25, 0.3) is 0 Å². The third-order valence-electron chi connectivity index (χ3n) is 5.95. The summed E-state index contributed by atoms with van der Waals surface area (Å²) in [4.78, 5) is 26.6. The van der Waals surface area contributed by atoms with Crippen LogP contribution in [0.4, 0.5) is 5.69 Å². The Morgan fingerprint density at radius 3 is 2.03 bits per heavy atom. The highest BCUT2D eigenvalue weighted by molar-refractivity contribution is 6.06. The third kappa shape index (κ3) is 4.28. The Labute approximate surface area is 198 Å². The Balaban J connectivity index is 1.39. The van der Waals surface area contributed by atoms with Gasteiger partial charge in [-0.2, -0.15) is 0 Å². The van der Waals surface area contributed by atoms with Gasteiger partial charge in [0, 0.05) is 17.7 Å². The fourth-order valence-electron chi connectivity index (χ4n) is 4.17. The fourth-order valence-corrected chi connectivity index (χ4v) is 4.17. The first-order valence-corrected chi connectivity index (χ1v) is 11.2. The molecule has 0 fully saturated rings. The lowest BCUT2D eigenvalue weighted by atomic mass is 9.87. The molecule has 0 aromatic heterocycles. The molecule has 34 heavy (non-hydrogen) atoms. The molecule has 2 N–H and O–H groups in total. The molecular formula is C29H24N2O3. The van der Waals surface area contributed by atoms with Crippen LogP contribution in [-0.2, 0) is 11.3 Å². The molecule has 168 valence electrons. The second-order valence-electron chi connectivity index (χ2n) is 8.31. The highest BCUT2D eigenvalue weighted by Gasteiger charge is 2.32. The van der Waals surface area contributed by atoms with Gasteiger partial charge in [0.05, 0.1) is 17.2 Å². The van der Waals surface area contributed by atoms with E-state index in [1.54, 1.807) is 24.3 Å². The van der Waals surface area contributed by atoms with E-state index in [9.17, 15) is 9.59 Å². The number of carbonyl (C=O) groups is 2. The monoisotopic (exact) mass is 448 g/mol. The van der Waals surface area contributed by atoms with Gasteiger partial charge in [0.2, 0.25) is 5.91 Å². The average Bonchev–Trinajstić information content (AvgIpc) is 2.87. The lowest BCUT2D eigenvalue weighted by Crippen LogP contribution is -2.28. The SMILES string of the molecule is Cc1ccc(CNC(=O)c2ccccc2NC(=O)C2c3ccccc3Oc3ccccc32)cc1. The predicted octanol–water partition coefficient (Wildman–Crippen LogP) is 5.80. The molecule has 1 heterocycles. The molecule has 2 amide bonds. The number of rotatable bonds is 5. The van der Waals surface area contributed by atoms with Crippen LogP contribution in [0.3, 0.4) is 0 Å². The molecule has 0 saturated carbocycles. The van der Waals surface area contributed by atoms with E-state index in [2.05, 4.69) is 10.6 Å². The molecule has 1 aliphatic heterocycles. The Kier molecular flexibility index (Phi) is 5.83. The van der Waals surface area contributed by atoms with Crippen LogP contribution in [0.2, 0.25) is 0 Å². The molecule has 0 aliphatic carbocycles. The summed E-state index contributed by atoms with van der Waals surface area (Å²) in [5.74, 6) is 0.298. The summed E-state index contributed by atoms with van der Waals surface area (Å²) < 4.78 is 6.01. The molecule has 0 bridgehead atoms. The number of anilines is 1. The van der Waals surface area contributed by atoms with Gasteiger partial charge in [-0.05, 0) is 36.8 Å². The molecule has 0 radical (unpaired) electrons. The summed E-state index contributed by atoms with van der Waals surface area (Å²) in [6.07, 6.45) is 0. The maximum absolute atomic E-state index is 13.6. The highest BCUT2D eigenvalue weighted by atomic mass is 16.5. The molecule has 0 atom stereocenters. The van der Waals surface area contributed by atoms with Crippen LogP contribution < -0.4 is 15.4 Å². The summed E-state index contributed by atoms with van der Waals surface area (Å²) >= 11 is 0. The summed E-state index contributed by atoms with van der Waals surface area (Å²) in [6, 6.07) is 30.1. The molecule has 0 saturated heterocycles. The van der Waals surface area contributed by atoms with Crippen LogP contribution in [0, 0.1) is 6.92 Å². The number of hydrogen-bond acceptors (Lipinski definition) is 3. The molecule has 5 heteroatoms. The molecule has 4 aromatic carbocycles. The summed E-state index contributed by atoms with van der Waals surface area (Å²) in [5, 5.41) is 5.94. The van der Waals surface area contributed by atoms with Crippen LogP contribution >= 0.6 is 0 Å². The van der Waals surface area contributed by atoms with E-state index < -0.39 is 5.92 Å². The second kappa shape index (κ2) is 9.24. The largest absolute Gasteiger partial charge is 0.457 e. The molecule has 4 aromatic rings. The third-order valence-corrected chi connectivity index (χ3v) is 5.95. The molecule has 0 unspecified atom stereocenters. The normalized spacial score (nSPS) is 12.1. The van der Waals surface area contributed by atoms with Crippen molar-refractivity contribution in [2.45, 2.75) is 19.4 Å². The van der Waals surface area contributed by atoms with Gasteiger partial charge in [0.25, 0.3) is 5.91 Å². The minimum Gasteiger partial charge on any atom is -0.457 e. The molecule has 0 spiro atoms. The maximum atomic E-state index is 13.6. The number of nitrogens with one attached hydrogen (secondary N) is 2. The number of carbonyl (C=O) groups excluding carboxylic acids is 2. The van der Waals surface area contributed by atoms with E-state index in [0.29, 0.717) is 29.3 Å². The van der Waals surface area contributed by atoms with Crippen molar-refractivity contribution in [3.05, 3.63) is 125 Å². The molecule has 1 aliphatic rings. The van der Waals surface area contributed by atoms with Crippen molar-refractivity contribution in [3.63, 3.8) is 0 Å². The lowest BCUT2D eigenvalue weighted by molar-refractivity contribution is -0.116. The molecule has 5 rings (SSSR count). The van der Waals surface area contributed by atoms with Gasteiger partial charge in [0.15, 0.2) is 0 Å². The minimum atomic E-state index is -0.551. The van der Waals surface area contributed by atoms with E-state index in [0.717, 1.165) is 16.7 Å². The van der Waals surface area contributed by atoms with Crippen molar-refractivity contribution in [1.29, 1.82) is 0 Å². The molecule has 5 nitrogen and oxygen atoms in total. The van der Waals surface area contributed by atoms with Crippen LogP contribution in [0.15, 0.2) is 97.1 Å². The van der Waals surface area contributed by atoms with Gasteiger partial charge in [-0.15, -0.1) is 0 Å². The van der Waals surface area contributed by atoms with Gasteiger partial charge in [-0.1, -0.05) is 78.4 Å². The van der Waals surface area contributed by atoms with Crippen molar-refractivity contribution in [2.75, 3.05) is 5.32 Å². The number of para-hydroxylation sites is 3. The molecular weight excluding hydrogens is 424 g/mol. The van der Waals surface area contributed by atoms with E-state index >= 15 is 0 Å². The fraction of sp³-hybridized carbons (Fsp3) is 0.103. The van der Waals surface area contributed by atoms with Crippen molar-refractivity contribution in [3.8, 4) is 11.5 Å². The van der Waals surface area contributed by atoms with Crippen molar-refractivity contribution in [2.24, 2.45) is 0 Å². The minimum absolute atomic E-state index is 0.220. The zero-order valence-corrected chi connectivity index (χ0v) is 18.7. The van der Waals surface area contributed by atoms with Crippen LogP contribution in [-0.4, -0.2) is 11.8 Å². The van der Waals surface area contributed by atoms with E-state index in [1.807, 2.05) is 79.7 Å². The highest BCUT2D eigenvalue weighted by Crippen LogP contribution is 2.44. The first-order valence-electron chi connectivity index (χ1n) is 11.2. The number of amides is 2. The number of ether oxygens (including phenoxy) is 1. The van der Waals surface area contributed by atoms with Crippen molar-refractivity contribution >= 4 is 17.5 Å². The standard InChI is InChI=1S/C29H24N2O3/c1-19-14-16-20(17-15-19)18-30-28(32)21-8-2-5-11-24(21)31-29(33)27-22-9-3-6-12-25(22)34-26-13-7-4-10-23(26)27/h2-17,27H,18H2,1H3,(H,30,32)(H,31,33). The Morgan fingerprint density at radius 2 is 1.35 bits per heavy atom. The van der Waals surface area contributed by atoms with Gasteiger partial charge < -0.3 is 15.4 Å². The number of fused-ring (bicyclic) bond motifs is 2. The predicted molar refractivity (Wildman–Crippen MR) is 132 cm³/mol. The average molecular weight is 449 g/mol. The van der Waals surface area contributed by atoms with Gasteiger partial charge in [-0.3, -0.25) is 9.59 Å². The zero-order valence-electron chi connectivity index (χ0n) is 18.7. The van der Waals surface area contributed by atoms with Crippen LogP contribution in [0.5, 0.6) is 11.5 Å². The van der Waals surface area contributed by atoms with Gasteiger partial charge in [-0.25, -0.2) is 0 Å². The Hall–Kier alpha value is -4.38. The van der Waals surface area contributed by atoms with E-state index in [4.69, 9.17) is 4.74 Å². The summed E-state index contributed by atoms with van der Waals surface area (Å²) in [5.41, 5.74) is 4.64. The number of hydrogen-bond donors (Lipinski definition) is 2. The first-order chi connectivity index (χ1) is 16.6. The summed E-state index contributed by atoms with van der Waals surface area (Å²) in [6.45, 7) is 2.43. The van der Waals surface area contributed by atoms with E-state index in [-0.39, 0.29) is 11.8 Å². The topological polar surface area (TPSA) is 67.4 Å². The van der Waals surface area contributed by atoms with Gasteiger partial charge in [0.1, 0.15) is 11.5 Å². The Bertz CT molecular complexity index is 1320. The Morgan fingerprint density at radius 1 is 0.765 bits per heavy atom.